The smallest absolute Gasteiger partial charge is 0.266 e. The first-order valence-electron chi connectivity index (χ1n) is 13.0. The molecule has 0 bridgehead atoms. The van der Waals surface area contributed by atoms with E-state index in [2.05, 4.69) is 26.8 Å². The average Bonchev–Trinajstić information content (AvgIpc) is 3.43. The zero-order chi connectivity index (χ0) is 29.2. The number of hydrogen-bond donors (Lipinski definition) is 3. The summed E-state index contributed by atoms with van der Waals surface area (Å²) in [6.07, 6.45) is 0.881. The number of aliphatic hydroxyl groups excluding tert-OH is 1. The van der Waals surface area contributed by atoms with Crippen LogP contribution in [-0.2, 0) is 22.5 Å². The first-order valence-corrected chi connectivity index (χ1v) is 13.8. The van der Waals surface area contributed by atoms with Crippen LogP contribution in [0.3, 0.4) is 0 Å². The van der Waals surface area contributed by atoms with E-state index in [1.54, 1.807) is 33.5 Å². The molecule has 0 aromatic heterocycles. The van der Waals surface area contributed by atoms with Crippen LogP contribution in [0.15, 0.2) is 70.1 Å². The van der Waals surface area contributed by atoms with Crippen molar-refractivity contribution in [3.05, 3.63) is 81.8 Å². The number of amides is 1. The quantitative estimate of drug-likeness (QED) is 0.182. The number of nitrogens with zero attached hydrogens (tertiary/aromatic N) is 1. The number of carbonyl (C=O) groups excluding carboxylic acids is 1. The van der Waals surface area contributed by atoms with Gasteiger partial charge >= 0.3 is 0 Å². The Morgan fingerprint density at radius 1 is 1.00 bits per heavy atom. The predicted molar refractivity (Wildman–Crippen MR) is 158 cm³/mol. The Morgan fingerprint density at radius 3 is 2.29 bits per heavy atom. The molecule has 0 saturated heterocycles. The molecule has 3 aromatic rings. The number of aliphatic hydroxyl groups is 1. The summed E-state index contributed by atoms with van der Waals surface area (Å²) in [4.78, 5) is 18.5. The highest BCUT2D eigenvalue weighted by molar-refractivity contribution is 9.10. The lowest BCUT2D eigenvalue weighted by Gasteiger charge is -2.24. The predicted octanol–water partition coefficient (Wildman–Crippen LogP) is 3.82. The van der Waals surface area contributed by atoms with E-state index >= 15 is 0 Å². The number of hydrogen-bond acceptors (Lipinski definition) is 9. The van der Waals surface area contributed by atoms with Crippen LogP contribution in [-0.4, -0.2) is 63.6 Å². The molecule has 218 valence electrons. The Hall–Kier alpha value is -3.80. The molecule has 1 heterocycles. The number of halogens is 1. The van der Waals surface area contributed by atoms with Gasteiger partial charge in [0.15, 0.2) is 5.54 Å². The van der Waals surface area contributed by atoms with Crippen LogP contribution in [0.1, 0.15) is 23.1 Å². The minimum absolute atomic E-state index is 0.0653. The first-order chi connectivity index (χ1) is 19.9. The molecule has 0 unspecified atom stereocenters. The summed E-state index contributed by atoms with van der Waals surface area (Å²) in [6, 6.07) is 18.5. The maximum absolute atomic E-state index is 13.7. The maximum atomic E-state index is 13.7. The molecule has 1 aliphatic rings. The van der Waals surface area contributed by atoms with Crippen molar-refractivity contribution in [1.82, 2.24) is 10.9 Å². The van der Waals surface area contributed by atoms with Crippen molar-refractivity contribution in [2.45, 2.75) is 24.9 Å². The second kappa shape index (κ2) is 14.2. The van der Waals surface area contributed by atoms with Crippen LogP contribution in [0.5, 0.6) is 23.0 Å². The van der Waals surface area contributed by atoms with Crippen molar-refractivity contribution in [2.75, 3.05) is 41.2 Å². The Kier molecular flexibility index (Phi) is 10.4. The standard InChI is InChI=1S/C30H34BrN3O7/c1-37-24-15-26(38-2)25(27(16-24)39-3)18-32-34-29(36)30(17-20-5-9-22(31)10-6-20)19-41-28(33-30)21-7-11-23(12-8-21)40-14-4-13-35/h5-12,15-16,32,35H,4,13-14,17-19H2,1-3H3,(H,34,36)/t30-/m0/s1. The zero-order valence-corrected chi connectivity index (χ0v) is 24.8. The highest BCUT2D eigenvalue weighted by Gasteiger charge is 2.44. The molecule has 0 radical (unpaired) electrons. The molecule has 10 nitrogen and oxygen atoms in total. The van der Waals surface area contributed by atoms with Crippen LogP contribution in [0.4, 0.5) is 0 Å². The first kappa shape index (κ1) is 30.2. The highest BCUT2D eigenvalue weighted by Crippen LogP contribution is 2.34. The Morgan fingerprint density at radius 2 is 1.68 bits per heavy atom. The number of carbonyl (C=O) groups is 1. The van der Waals surface area contributed by atoms with Gasteiger partial charge in [-0.3, -0.25) is 10.2 Å². The van der Waals surface area contributed by atoms with Gasteiger partial charge in [0.1, 0.15) is 29.6 Å². The largest absolute Gasteiger partial charge is 0.496 e. The molecular formula is C30H34BrN3O7. The zero-order valence-electron chi connectivity index (χ0n) is 23.2. The fourth-order valence-corrected chi connectivity index (χ4v) is 4.62. The topological polar surface area (TPSA) is 120 Å². The van der Waals surface area contributed by atoms with E-state index < -0.39 is 5.54 Å². The molecule has 1 amide bonds. The van der Waals surface area contributed by atoms with Gasteiger partial charge < -0.3 is 28.8 Å². The normalized spacial score (nSPS) is 16.0. The van der Waals surface area contributed by atoms with Gasteiger partial charge in [0.2, 0.25) is 5.90 Å². The molecule has 3 aromatic carbocycles. The lowest BCUT2D eigenvalue weighted by atomic mass is 9.91. The summed E-state index contributed by atoms with van der Waals surface area (Å²) in [6.45, 7) is 0.785. The van der Waals surface area contributed by atoms with Crippen molar-refractivity contribution < 1.29 is 33.6 Å². The van der Waals surface area contributed by atoms with Gasteiger partial charge in [0, 0.05) is 48.2 Å². The molecule has 11 heteroatoms. The summed E-state index contributed by atoms with van der Waals surface area (Å²) in [5, 5.41) is 8.96. The maximum Gasteiger partial charge on any atom is 0.266 e. The van der Waals surface area contributed by atoms with E-state index in [4.69, 9.17) is 33.8 Å². The van der Waals surface area contributed by atoms with E-state index in [1.807, 2.05) is 48.5 Å². The van der Waals surface area contributed by atoms with Crippen LogP contribution < -0.4 is 29.8 Å². The Balaban J connectivity index is 1.54. The molecule has 41 heavy (non-hydrogen) atoms. The second-order valence-corrected chi connectivity index (χ2v) is 10.2. The van der Waals surface area contributed by atoms with Crippen molar-refractivity contribution in [2.24, 2.45) is 4.99 Å². The highest BCUT2D eigenvalue weighted by atomic mass is 79.9. The van der Waals surface area contributed by atoms with Gasteiger partial charge in [-0.1, -0.05) is 28.1 Å². The molecule has 0 aliphatic carbocycles. The van der Waals surface area contributed by atoms with Crippen LogP contribution in [0.25, 0.3) is 0 Å². The van der Waals surface area contributed by atoms with Gasteiger partial charge in [-0.25, -0.2) is 10.4 Å². The van der Waals surface area contributed by atoms with Gasteiger partial charge in [-0.05, 0) is 42.0 Å². The van der Waals surface area contributed by atoms with Gasteiger partial charge in [-0.15, -0.1) is 0 Å². The van der Waals surface area contributed by atoms with Crippen molar-refractivity contribution in [1.29, 1.82) is 0 Å². The van der Waals surface area contributed by atoms with E-state index in [0.717, 1.165) is 15.6 Å². The minimum Gasteiger partial charge on any atom is -0.496 e. The number of aliphatic imine (C=N–C) groups is 1. The Labute approximate surface area is 247 Å². The third-order valence-electron chi connectivity index (χ3n) is 6.55. The summed E-state index contributed by atoms with van der Waals surface area (Å²) in [5.74, 6) is 2.41. The fourth-order valence-electron chi connectivity index (χ4n) is 4.35. The van der Waals surface area contributed by atoms with Crippen LogP contribution >= 0.6 is 15.9 Å². The molecule has 0 fully saturated rings. The SMILES string of the molecule is COc1cc(OC)c(CNNC(=O)[C@]2(Cc3ccc(Br)cc3)COC(c3ccc(OCCCO)cc3)=N2)c(OC)c1. The van der Waals surface area contributed by atoms with Crippen LogP contribution in [0, 0.1) is 0 Å². The van der Waals surface area contributed by atoms with E-state index in [9.17, 15) is 4.79 Å². The number of benzene rings is 3. The summed E-state index contributed by atoms with van der Waals surface area (Å²) >= 11 is 3.46. The van der Waals surface area contributed by atoms with Crippen molar-refractivity contribution in [3.8, 4) is 23.0 Å². The lowest BCUT2D eigenvalue weighted by Crippen LogP contribution is -2.52. The number of rotatable bonds is 14. The molecule has 1 atom stereocenters. The van der Waals surface area contributed by atoms with Crippen molar-refractivity contribution >= 4 is 27.7 Å². The number of hydrazine groups is 1. The molecule has 0 spiro atoms. The molecule has 0 saturated carbocycles. The monoisotopic (exact) mass is 627 g/mol. The Bertz CT molecular complexity index is 1320. The summed E-state index contributed by atoms with van der Waals surface area (Å²) in [5.41, 5.74) is 6.99. The van der Waals surface area contributed by atoms with E-state index in [0.29, 0.717) is 53.9 Å². The number of ether oxygens (including phenoxy) is 5. The van der Waals surface area contributed by atoms with Gasteiger partial charge in [-0.2, -0.15) is 0 Å². The lowest BCUT2D eigenvalue weighted by molar-refractivity contribution is -0.127. The second-order valence-electron chi connectivity index (χ2n) is 9.31. The summed E-state index contributed by atoms with van der Waals surface area (Å²) in [7, 11) is 4.68. The van der Waals surface area contributed by atoms with E-state index in [-0.39, 0.29) is 25.7 Å². The molecule has 4 rings (SSSR count). The van der Waals surface area contributed by atoms with Crippen molar-refractivity contribution in [3.63, 3.8) is 0 Å². The molecule has 3 N–H and O–H groups in total. The molecule has 1 aliphatic heterocycles. The van der Waals surface area contributed by atoms with Gasteiger partial charge in [0.25, 0.3) is 5.91 Å². The number of nitrogens with one attached hydrogen (secondary N) is 2. The minimum atomic E-state index is -1.21. The fraction of sp³-hybridized carbons (Fsp3) is 0.333. The third kappa shape index (κ3) is 7.49. The van der Waals surface area contributed by atoms with Gasteiger partial charge in [0.05, 0.1) is 33.5 Å². The van der Waals surface area contributed by atoms with Crippen LogP contribution in [0.2, 0.25) is 0 Å². The molecular weight excluding hydrogens is 594 g/mol. The summed E-state index contributed by atoms with van der Waals surface area (Å²) < 4.78 is 28.9. The average molecular weight is 629 g/mol. The van der Waals surface area contributed by atoms with E-state index in [1.165, 1.54) is 0 Å². The third-order valence-corrected chi connectivity index (χ3v) is 7.08. The number of methoxy groups -OCH3 is 3.